The van der Waals surface area contributed by atoms with Gasteiger partial charge in [-0.05, 0) is 35.9 Å². The molecule has 0 radical (unpaired) electrons. The Hall–Kier alpha value is -3.92. The SMILES string of the molecule is COc1cc(/C=C\c2ccc(OC)c(OCc3ccc([N+](=O)[O-])s3)c2O)cc(OC)c1OC. The molecule has 1 N–H and O–H groups in total. The van der Waals surface area contributed by atoms with Crippen LogP contribution in [0.3, 0.4) is 0 Å². The van der Waals surface area contributed by atoms with Crippen LogP contribution in [-0.2, 0) is 6.61 Å². The van der Waals surface area contributed by atoms with E-state index in [1.54, 1.807) is 42.5 Å². The molecule has 0 aliphatic carbocycles. The summed E-state index contributed by atoms with van der Waals surface area (Å²) < 4.78 is 27.1. The van der Waals surface area contributed by atoms with Crippen LogP contribution in [0.4, 0.5) is 5.00 Å². The van der Waals surface area contributed by atoms with Crippen LogP contribution in [0.25, 0.3) is 12.2 Å². The Bertz CT molecular complexity index is 1150. The summed E-state index contributed by atoms with van der Waals surface area (Å²) in [4.78, 5) is 11.1. The van der Waals surface area contributed by atoms with Crippen molar-refractivity contribution in [2.24, 2.45) is 0 Å². The van der Waals surface area contributed by atoms with E-state index in [9.17, 15) is 15.2 Å². The highest BCUT2D eigenvalue weighted by Crippen LogP contribution is 2.42. The highest BCUT2D eigenvalue weighted by molar-refractivity contribution is 7.15. The van der Waals surface area contributed by atoms with Crippen LogP contribution in [0, 0.1) is 10.1 Å². The maximum absolute atomic E-state index is 10.9. The van der Waals surface area contributed by atoms with Crippen molar-refractivity contribution >= 4 is 28.5 Å². The Morgan fingerprint density at radius 1 is 0.909 bits per heavy atom. The number of nitrogens with zero attached hydrogens (tertiary/aromatic N) is 1. The quantitative estimate of drug-likeness (QED) is 0.245. The summed E-state index contributed by atoms with van der Waals surface area (Å²) >= 11 is 1.01. The smallest absolute Gasteiger partial charge is 0.324 e. The Balaban J connectivity index is 1.88. The molecule has 0 aliphatic heterocycles. The first kappa shape index (κ1) is 23.7. The van der Waals surface area contributed by atoms with Gasteiger partial charge in [-0.15, -0.1) is 0 Å². The first-order chi connectivity index (χ1) is 15.9. The van der Waals surface area contributed by atoms with Gasteiger partial charge >= 0.3 is 5.00 Å². The van der Waals surface area contributed by atoms with Gasteiger partial charge in [-0.1, -0.05) is 23.5 Å². The fourth-order valence-corrected chi connectivity index (χ4v) is 3.80. The van der Waals surface area contributed by atoms with Crippen molar-refractivity contribution in [3.8, 4) is 34.5 Å². The average Bonchev–Trinajstić information content (AvgIpc) is 3.31. The molecule has 2 aromatic carbocycles. The van der Waals surface area contributed by atoms with Crippen molar-refractivity contribution < 1.29 is 33.7 Å². The summed E-state index contributed by atoms with van der Waals surface area (Å²) in [5.74, 6) is 1.84. The van der Waals surface area contributed by atoms with E-state index in [0.717, 1.165) is 16.9 Å². The zero-order valence-electron chi connectivity index (χ0n) is 18.5. The number of ether oxygens (including phenoxy) is 5. The number of phenolic OH excluding ortho intramolecular Hbond substituents is 1. The molecule has 0 spiro atoms. The standard InChI is InChI=1S/C23H23NO8S/c1-28-17-9-7-15(6-5-14-11-18(29-2)22(31-4)19(12-14)30-3)21(25)23(17)32-13-16-8-10-20(33-16)24(26)27/h5-12,25H,13H2,1-4H3/b6-5-. The van der Waals surface area contributed by atoms with Gasteiger partial charge in [0.1, 0.15) is 6.61 Å². The molecule has 33 heavy (non-hydrogen) atoms. The molecule has 1 aromatic heterocycles. The normalized spacial score (nSPS) is 10.8. The zero-order chi connectivity index (χ0) is 24.0. The summed E-state index contributed by atoms with van der Waals surface area (Å²) in [6.07, 6.45) is 3.48. The van der Waals surface area contributed by atoms with Gasteiger partial charge in [0.25, 0.3) is 0 Å². The molecular formula is C23H23NO8S. The second-order valence-electron chi connectivity index (χ2n) is 6.61. The topological polar surface area (TPSA) is 110 Å². The Labute approximate surface area is 194 Å². The summed E-state index contributed by atoms with van der Waals surface area (Å²) in [6.45, 7) is 0.0441. The minimum atomic E-state index is -0.458. The minimum Gasteiger partial charge on any atom is -0.504 e. The van der Waals surface area contributed by atoms with Crippen LogP contribution in [0.1, 0.15) is 16.0 Å². The van der Waals surface area contributed by atoms with Crippen molar-refractivity contribution in [2.75, 3.05) is 28.4 Å². The lowest BCUT2D eigenvalue weighted by atomic mass is 10.1. The van der Waals surface area contributed by atoms with Crippen molar-refractivity contribution in [3.63, 3.8) is 0 Å². The van der Waals surface area contributed by atoms with Crippen molar-refractivity contribution in [1.82, 2.24) is 0 Å². The Morgan fingerprint density at radius 2 is 1.58 bits per heavy atom. The number of thiophene rings is 1. The fraction of sp³-hybridized carbons (Fsp3) is 0.217. The number of hydrogen-bond acceptors (Lipinski definition) is 9. The highest BCUT2D eigenvalue weighted by atomic mass is 32.1. The maximum Gasteiger partial charge on any atom is 0.324 e. The third-order valence-electron chi connectivity index (χ3n) is 4.68. The molecule has 0 bridgehead atoms. The summed E-state index contributed by atoms with van der Waals surface area (Å²) in [5.41, 5.74) is 1.24. The van der Waals surface area contributed by atoms with E-state index in [2.05, 4.69) is 0 Å². The molecule has 174 valence electrons. The van der Waals surface area contributed by atoms with E-state index in [1.807, 2.05) is 0 Å². The molecule has 1 heterocycles. The largest absolute Gasteiger partial charge is 0.504 e. The predicted octanol–water partition coefficient (Wildman–Crippen LogP) is 5.15. The molecule has 0 saturated carbocycles. The number of aromatic hydroxyl groups is 1. The number of nitro groups is 1. The van der Waals surface area contributed by atoms with E-state index in [0.29, 0.717) is 33.4 Å². The van der Waals surface area contributed by atoms with E-state index < -0.39 is 4.92 Å². The molecule has 9 nitrogen and oxygen atoms in total. The van der Waals surface area contributed by atoms with Crippen molar-refractivity contribution in [2.45, 2.75) is 6.61 Å². The first-order valence-electron chi connectivity index (χ1n) is 9.65. The fourth-order valence-electron chi connectivity index (χ4n) is 3.07. The molecule has 0 atom stereocenters. The summed E-state index contributed by atoms with van der Waals surface area (Å²) in [7, 11) is 6.06. The second kappa shape index (κ2) is 10.6. The molecular weight excluding hydrogens is 450 g/mol. The van der Waals surface area contributed by atoms with Gasteiger partial charge in [0.05, 0.1) is 33.4 Å². The third-order valence-corrected chi connectivity index (χ3v) is 5.69. The van der Waals surface area contributed by atoms with E-state index in [-0.39, 0.29) is 23.1 Å². The predicted molar refractivity (Wildman–Crippen MR) is 125 cm³/mol. The summed E-state index contributed by atoms with van der Waals surface area (Å²) in [6, 6.07) is 9.93. The van der Waals surface area contributed by atoms with E-state index in [1.165, 1.54) is 34.5 Å². The molecule has 0 aliphatic rings. The lowest BCUT2D eigenvalue weighted by Crippen LogP contribution is -1.97. The highest BCUT2D eigenvalue weighted by Gasteiger charge is 2.17. The molecule has 10 heteroatoms. The first-order valence-corrected chi connectivity index (χ1v) is 10.5. The van der Waals surface area contributed by atoms with Crippen LogP contribution in [0.15, 0.2) is 36.4 Å². The Morgan fingerprint density at radius 3 is 2.12 bits per heavy atom. The zero-order valence-corrected chi connectivity index (χ0v) is 19.3. The average molecular weight is 474 g/mol. The molecule has 0 unspecified atom stereocenters. The van der Waals surface area contributed by atoms with Gasteiger partial charge < -0.3 is 28.8 Å². The number of benzene rings is 2. The number of rotatable bonds is 10. The molecule has 0 fully saturated rings. The van der Waals surface area contributed by atoms with Gasteiger partial charge in [-0.3, -0.25) is 10.1 Å². The van der Waals surface area contributed by atoms with Crippen molar-refractivity contribution in [1.29, 1.82) is 0 Å². The minimum absolute atomic E-state index is 0.0202. The van der Waals surface area contributed by atoms with Gasteiger partial charge in [0.2, 0.25) is 11.5 Å². The third kappa shape index (κ3) is 5.29. The molecule has 0 amide bonds. The lowest BCUT2D eigenvalue weighted by Gasteiger charge is -2.14. The lowest BCUT2D eigenvalue weighted by molar-refractivity contribution is -0.380. The van der Waals surface area contributed by atoms with E-state index >= 15 is 0 Å². The summed E-state index contributed by atoms with van der Waals surface area (Å²) in [5, 5.41) is 21.7. The van der Waals surface area contributed by atoms with Crippen LogP contribution in [0.5, 0.6) is 34.5 Å². The molecule has 3 rings (SSSR count). The van der Waals surface area contributed by atoms with Gasteiger partial charge in [0, 0.05) is 16.5 Å². The number of methoxy groups -OCH3 is 4. The van der Waals surface area contributed by atoms with Crippen LogP contribution in [0.2, 0.25) is 0 Å². The van der Waals surface area contributed by atoms with Crippen LogP contribution in [-0.4, -0.2) is 38.5 Å². The van der Waals surface area contributed by atoms with Gasteiger partial charge in [0.15, 0.2) is 23.0 Å². The number of phenols is 1. The van der Waals surface area contributed by atoms with Gasteiger partial charge in [-0.2, -0.15) is 0 Å². The molecule has 3 aromatic rings. The van der Waals surface area contributed by atoms with Crippen LogP contribution < -0.4 is 23.7 Å². The number of hydrogen-bond donors (Lipinski definition) is 1. The second-order valence-corrected chi connectivity index (χ2v) is 7.76. The Kier molecular flexibility index (Phi) is 7.62. The van der Waals surface area contributed by atoms with Crippen LogP contribution >= 0.6 is 11.3 Å². The van der Waals surface area contributed by atoms with Crippen molar-refractivity contribution in [3.05, 3.63) is 62.5 Å². The van der Waals surface area contributed by atoms with Gasteiger partial charge in [-0.25, -0.2) is 0 Å². The molecule has 0 saturated heterocycles. The van der Waals surface area contributed by atoms with E-state index in [4.69, 9.17) is 23.7 Å². The monoisotopic (exact) mass is 473 g/mol. The maximum atomic E-state index is 10.9.